The van der Waals surface area contributed by atoms with Gasteiger partial charge < -0.3 is 20.1 Å². The molecule has 0 spiro atoms. The van der Waals surface area contributed by atoms with Crippen molar-refractivity contribution in [3.05, 3.63) is 76.8 Å². The fourth-order valence-electron chi connectivity index (χ4n) is 5.05. The molecule has 0 unspecified atom stereocenters. The second-order valence-electron chi connectivity index (χ2n) is 9.75. The second kappa shape index (κ2) is 10.6. The van der Waals surface area contributed by atoms with E-state index in [1.54, 1.807) is 18.3 Å². The summed E-state index contributed by atoms with van der Waals surface area (Å²) in [6.07, 6.45) is -1.72. The number of hydrogen-bond donors (Lipinski definition) is 3. The van der Waals surface area contributed by atoms with Crippen molar-refractivity contribution in [3.63, 3.8) is 0 Å². The molecule has 10 nitrogen and oxygen atoms in total. The number of aliphatic hydroxyl groups is 3. The predicted molar refractivity (Wildman–Crippen MR) is 142 cm³/mol. The molecule has 4 heterocycles. The SMILES string of the molecule is CCc1nc2ccc(-n3nc(C)nc3[C@@H]3O[C@H](CO)[C@H](O)[C@H](n4cc(-c5cc(F)c(F)c(F)c5)cn4)[C@H]3O)cc2s1. The zero-order valence-electron chi connectivity index (χ0n) is 21.8. The first-order valence-electron chi connectivity index (χ1n) is 12.8. The normalized spacial score (nSPS) is 23.0. The minimum absolute atomic E-state index is 0.0130. The van der Waals surface area contributed by atoms with E-state index >= 15 is 0 Å². The van der Waals surface area contributed by atoms with Gasteiger partial charge in [0.05, 0.1) is 33.7 Å². The van der Waals surface area contributed by atoms with E-state index in [4.69, 9.17) is 4.74 Å². The van der Waals surface area contributed by atoms with Crippen LogP contribution in [-0.2, 0) is 11.2 Å². The molecule has 0 amide bonds. The third-order valence-corrected chi connectivity index (χ3v) is 8.23. The number of thiazole rings is 1. The Kier molecular flexibility index (Phi) is 7.11. The van der Waals surface area contributed by atoms with E-state index in [1.165, 1.54) is 21.8 Å². The van der Waals surface area contributed by atoms with Gasteiger partial charge in [0.2, 0.25) is 0 Å². The molecule has 3 N–H and O–H groups in total. The lowest BCUT2D eigenvalue weighted by molar-refractivity contribution is -0.210. The molecule has 1 aliphatic rings. The largest absolute Gasteiger partial charge is 0.394 e. The summed E-state index contributed by atoms with van der Waals surface area (Å²) >= 11 is 1.56. The van der Waals surface area contributed by atoms with Gasteiger partial charge in [-0.15, -0.1) is 11.3 Å². The van der Waals surface area contributed by atoms with Crippen LogP contribution in [-0.4, -0.2) is 69.8 Å². The van der Waals surface area contributed by atoms with E-state index in [2.05, 4.69) is 20.2 Å². The van der Waals surface area contributed by atoms with Crippen molar-refractivity contribution in [1.29, 1.82) is 0 Å². The van der Waals surface area contributed by atoms with Crippen LogP contribution in [0.4, 0.5) is 13.2 Å². The first kappa shape index (κ1) is 27.5. The van der Waals surface area contributed by atoms with Crippen LogP contribution in [0.25, 0.3) is 27.0 Å². The Morgan fingerprint density at radius 2 is 1.78 bits per heavy atom. The zero-order valence-corrected chi connectivity index (χ0v) is 22.6. The van der Waals surface area contributed by atoms with Crippen molar-refractivity contribution in [2.75, 3.05) is 6.61 Å². The van der Waals surface area contributed by atoms with E-state index in [9.17, 15) is 28.5 Å². The Labute approximate surface area is 235 Å². The van der Waals surface area contributed by atoms with Gasteiger partial charge in [0, 0.05) is 11.8 Å². The summed E-state index contributed by atoms with van der Waals surface area (Å²) in [6, 6.07) is 6.10. The average molecular weight is 587 g/mol. The number of halogens is 3. The van der Waals surface area contributed by atoms with Crippen LogP contribution in [0.3, 0.4) is 0 Å². The standard InChI is InChI=1S/C27H25F3N6O4S/c1-3-21-33-18-5-4-15(8-20(18)41-21)36-27(32-12(2)34-36)26-25(39)23(24(38)19(11-37)40-26)35-10-14(9-31-35)13-6-16(28)22(30)17(29)7-13/h4-10,19,23-26,37-39H,3,11H2,1-2H3/t19-,23+,24+,25-,26-/m1/s1. The first-order chi connectivity index (χ1) is 19.7. The molecule has 1 fully saturated rings. The Balaban J connectivity index is 1.38. The summed E-state index contributed by atoms with van der Waals surface area (Å²) in [5.74, 6) is -3.68. The Bertz CT molecular complexity index is 1720. The minimum atomic E-state index is -1.59. The number of benzene rings is 2. The third-order valence-electron chi connectivity index (χ3n) is 7.07. The van der Waals surface area contributed by atoms with E-state index in [0.717, 1.165) is 33.8 Å². The molecule has 214 valence electrons. The molecule has 14 heteroatoms. The highest BCUT2D eigenvalue weighted by Crippen LogP contribution is 2.39. The molecular weight excluding hydrogens is 561 g/mol. The van der Waals surface area contributed by atoms with Gasteiger partial charge in [-0.25, -0.2) is 27.8 Å². The highest BCUT2D eigenvalue weighted by Gasteiger charge is 2.48. The van der Waals surface area contributed by atoms with Gasteiger partial charge in [-0.3, -0.25) is 4.68 Å². The summed E-state index contributed by atoms with van der Waals surface area (Å²) in [4.78, 5) is 9.10. The molecule has 5 atom stereocenters. The number of fused-ring (bicyclic) bond motifs is 1. The van der Waals surface area contributed by atoms with Gasteiger partial charge in [-0.05, 0) is 49.2 Å². The van der Waals surface area contributed by atoms with Crippen molar-refractivity contribution in [2.24, 2.45) is 0 Å². The fraction of sp³-hybridized carbons (Fsp3) is 0.333. The van der Waals surface area contributed by atoms with Gasteiger partial charge in [0.1, 0.15) is 36.3 Å². The highest BCUT2D eigenvalue weighted by atomic mass is 32.1. The van der Waals surface area contributed by atoms with E-state index in [-0.39, 0.29) is 17.0 Å². The molecule has 5 aromatic rings. The Morgan fingerprint density at radius 3 is 2.49 bits per heavy atom. The van der Waals surface area contributed by atoms with Crippen molar-refractivity contribution < 1.29 is 33.2 Å². The van der Waals surface area contributed by atoms with Crippen LogP contribution in [0.15, 0.2) is 42.7 Å². The molecule has 2 aromatic carbocycles. The van der Waals surface area contributed by atoms with Crippen molar-refractivity contribution >= 4 is 21.6 Å². The van der Waals surface area contributed by atoms with Crippen LogP contribution in [0, 0.1) is 24.4 Å². The molecule has 3 aromatic heterocycles. The van der Waals surface area contributed by atoms with Crippen molar-refractivity contribution in [3.8, 4) is 16.8 Å². The van der Waals surface area contributed by atoms with E-state index in [0.29, 0.717) is 11.5 Å². The number of aryl methyl sites for hydroxylation is 2. The Morgan fingerprint density at radius 1 is 1.02 bits per heavy atom. The maximum Gasteiger partial charge on any atom is 0.194 e. The molecule has 41 heavy (non-hydrogen) atoms. The quantitative estimate of drug-likeness (QED) is 0.258. The van der Waals surface area contributed by atoms with Crippen molar-refractivity contribution in [1.82, 2.24) is 29.5 Å². The van der Waals surface area contributed by atoms with Gasteiger partial charge in [-0.2, -0.15) is 10.2 Å². The number of aromatic nitrogens is 6. The third kappa shape index (κ3) is 4.81. The molecule has 0 radical (unpaired) electrons. The topological polar surface area (TPSA) is 131 Å². The van der Waals surface area contributed by atoms with Gasteiger partial charge in [0.25, 0.3) is 0 Å². The summed E-state index contributed by atoms with van der Waals surface area (Å²) in [5.41, 5.74) is 1.73. The van der Waals surface area contributed by atoms with Gasteiger partial charge >= 0.3 is 0 Å². The lowest BCUT2D eigenvalue weighted by Crippen LogP contribution is -2.53. The molecule has 1 saturated heterocycles. The average Bonchev–Trinajstić information content (AvgIpc) is 3.69. The van der Waals surface area contributed by atoms with Crippen LogP contribution in [0.1, 0.15) is 35.7 Å². The van der Waals surface area contributed by atoms with Crippen molar-refractivity contribution in [2.45, 2.75) is 50.7 Å². The predicted octanol–water partition coefficient (Wildman–Crippen LogP) is 3.42. The second-order valence-corrected chi connectivity index (χ2v) is 10.9. The number of aliphatic hydroxyl groups excluding tert-OH is 3. The molecule has 1 aliphatic heterocycles. The monoisotopic (exact) mass is 586 g/mol. The molecule has 6 rings (SSSR count). The maximum absolute atomic E-state index is 13.8. The smallest absolute Gasteiger partial charge is 0.194 e. The highest BCUT2D eigenvalue weighted by molar-refractivity contribution is 7.18. The number of rotatable bonds is 6. The van der Waals surface area contributed by atoms with Gasteiger partial charge in [0.15, 0.2) is 23.3 Å². The number of hydrogen-bond acceptors (Lipinski definition) is 9. The fourth-order valence-corrected chi connectivity index (χ4v) is 5.99. The number of ether oxygens (including phenoxy) is 1. The van der Waals surface area contributed by atoms with E-state index in [1.807, 2.05) is 25.1 Å². The molecule has 0 bridgehead atoms. The summed E-state index contributed by atoms with van der Waals surface area (Å²) in [7, 11) is 0. The maximum atomic E-state index is 13.8. The molecular formula is C27H25F3N6O4S. The summed E-state index contributed by atoms with van der Waals surface area (Å²) in [5, 5.41) is 42.3. The van der Waals surface area contributed by atoms with Gasteiger partial charge in [-0.1, -0.05) is 6.92 Å². The zero-order chi connectivity index (χ0) is 29.0. The lowest BCUT2D eigenvalue weighted by Gasteiger charge is -2.41. The van der Waals surface area contributed by atoms with Crippen LogP contribution in [0.2, 0.25) is 0 Å². The number of nitrogens with zero attached hydrogens (tertiary/aromatic N) is 6. The van der Waals surface area contributed by atoms with Crippen LogP contribution < -0.4 is 0 Å². The molecule has 0 aliphatic carbocycles. The summed E-state index contributed by atoms with van der Waals surface area (Å²) < 4.78 is 50.8. The Hall–Kier alpha value is -3.69. The lowest BCUT2D eigenvalue weighted by atomic mass is 9.92. The minimum Gasteiger partial charge on any atom is -0.394 e. The summed E-state index contributed by atoms with van der Waals surface area (Å²) in [6.45, 7) is 3.13. The van der Waals surface area contributed by atoms with Crippen LogP contribution in [0.5, 0.6) is 0 Å². The van der Waals surface area contributed by atoms with Crippen LogP contribution >= 0.6 is 11.3 Å². The van der Waals surface area contributed by atoms with E-state index < -0.39 is 54.5 Å². The molecule has 0 saturated carbocycles. The first-order valence-corrected chi connectivity index (χ1v) is 13.6.